The quantitative estimate of drug-likeness (QED) is 0.929. The zero-order valence-electron chi connectivity index (χ0n) is 8.93. The van der Waals surface area contributed by atoms with Gasteiger partial charge in [-0.05, 0) is 24.3 Å². The van der Waals surface area contributed by atoms with Gasteiger partial charge >= 0.3 is 5.97 Å². The van der Waals surface area contributed by atoms with Crippen LogP contribution in [0.5, 0.6) is 11.5 Å². The second-order valence-electron chi connectivity index (χ2n) is 3.39. The Balaban J connectivity index is 2.28. The maximum Gasteiger partial charge on any atom is 0.337 e. The highest BCUT2D eigenvalue weighted by Crippen LogP contribution is 2.31. The van der Waals surface area contributed by atoms with Crippen molar-refractivity contribution in [1.29, 1.82) is 0 Å². The molecule has 0 bridgehead atoms. The lowest BCUT2D eigenvalue weighted by molar-refractivity contribution is 0.0696. The predicted molar refractivity (Wildman–Crippen MR) is 67.7 cm³/mol. The summed E-state index contributed by atoms with van der Waals surface area (Å²) >= 11 is 11.7. The van der Waals surface area contributed by atoms with E-state index in [2.05, 4.69) is 4.98 Å². The summed E-state index contributed by atoms with van der Waals surface area (Å²) in [6, 6.07) is 6.11. The highest BCUT2D eigenvalue weighted by Gasteiger charge is 2.08. The summed E-state index contributed by atoms with van der Waals surface area (Å²) in [7, 11) is 0. The van der Waals surface area contributed by atoms with Crippen molar-refractivity contribution in [2.24, 2.45) is 0 Å². The number of rotatable bonds is 3. The van der Waals surface area contributed by atoms with Gasteiger partial charge in [0.15, 0.2) is 0 Å². The summed E-state index contributed by atoms with van der Waals surface area (Å²) in [5, 5.41) is 9.65. The summed E-state index contributed by atoms with van der Waals surface area (Å²) in [5.74, 6) is -0.403. The molecule has 4 nitrogen and oxygen atoms in total. The summed E-state index contributed by atoms with van der Waals surface area (Å²) in [6.07, 6.45) is 2.63. The van der Waals surface area contributed by atoms with Gasteiger partial charge in [0.25, 0.3) is 0 Å². The van der Waals surface area contributed by atoms with Crippen LogP contribution >= 0.6 is 23.2 Å². The molecule has 0 saturated heterocycles. The number of ether oxygens (including phenoxy) is 1. The van der Waals surface area contributed by atoms with E-state index in [0.29, 0.717) is 21.5 Å². The van der Waals surface area contributed by atoms with Crippen molar-refractivity contribution in [3.63, 3.8) is 0 Å². The van der Waals surface area contributed by atoms with Crippen molar-refractivity contribution in [3.05, 3.63) is 52.3 Å². The third kappa shape index (κ3) is 2.91. The van der Waals surface area contributed by atoms with E-state index in [1.165, 1.54) is 24.5 Å². The third-order valence-electron chi connectivity index (χ3n) is 2.08. The van der Waals surface area contributed by atoms with Crippen molar-refractivity contribution in [2.45, 2.75) is 0 Å². The lowest BCUT2D eigenvalue weighted by Gasteiger charge is -2.07. The smallest absolute Gasteiger partial charge is 0.337 e. The molecule has 92 valence electrons. The number of aromatic carboxylic acids is 1. The first-order valence-corrected chi connectivity index (χ1v) is 5.63. The fourth-order valence-corrected chi connectivity index (χ4v) is 1.72. The molecule has 0 aliphatic carbocycles. The highest BCUT2D eigenvalue weighted by atomic mass is 35.5. The van der Waals surface area contributed by atoms with Crippen LogP contribution in [-0.4, -0.2) is 16.1 Å². The summed E-state index contributed by atoms with van der Waals surface area (Å²) in [4.78, 5) is 14.6. The molecule has 18 heavy (non-hydrogen) atoms. The van der Waals surface area contributed by atoms with Crippen molar-refractivity contribution >= 4 is 29.2 Å². The zero-order chi connectivity index (χ0) is 13.1. The molecule has 1 N–H and O–H groups in total. The topological polar surface area (TPSA) is 59.4 Å². The van der Waals surface area contributed by atoms with Crippen LogP contribution in [0.3, 0.4) is 0 Å². The molecule has 2 aromatic rings. The number of benzene rings is 1. The van der Waals surface area contributed by atoms with Gasteiger partial charge in [-0.1, -0.05) is 23.2 Å². The van der Waals surface area contributed by atoms with Crippen LogP contribution in [0.1, 0.15) is 10.4 Å². The van der Waals surface area contributed by atoms with E-state index in [-0.39, 0.29) is 5.56 Å². The highest BCUT2D eigenvalue weighted by molar-refractivity contribution is 6.35. The average Bonchev–Trinajstić information content (AvgIpc) is 2.33. The number of aromatic nitrogens is 1. The minimum atomic E-state index is -1.07. The Morgan fingerprint density at radius 2 is 2.00 bits per heavy atom. The number of carboxylic acids is 1. The van der Waals surface area contributed by atoms with Gasteiger partial charge in [-0.3, -0.25) is 4.98 Å². The van der Waals surface area contributed by atoms with Crippen LogP contribution < -0.4 is 4.74 Å². The van der Waals surface area contributed by atoms with Gasteiger partial charge in [0.05, 0.1) is 16.8 Å². The van der Waals surface area contributed by atoms with Crippen LogP contribution in [0.2, 0.25) is 10.0 Å². The van der Waals surface area contributed by atoms with Crippen molar-refractivity contribution < 1.29 is 14.6 Å². The minimum Gasteiger partial charge on any atom is -0.478 e. The molecule has 0 aliphatic rings. The monoisotopic (exact) mass is 283 g/mol. The molecule has 0 spiro atoms. The number of carboxylic acid groups (broad SMARTS) is 1. The lowest BCUT2D eigenvalue weighted by Crippen LogP contribution is -1.97. The first-order chi connectivity index (χ1) is 8.56. The molecule has 1 aromatic carbocycles. The van der Waals surface area contributed by atoms with Gasteiger partial charge in [0.1, 0.15) is 11.5 Å². The number of nitrogens with zero attached hydrogens (tertiary/aromatic N) is 1. The van der Waals surface area contributed by atoms with Crippen molar-refractivity contribution in [3.8, 4) is 11.5 Å². The molecule has 0 unspecified atom stereocenters. The molecule has 0 amide bonds. The number of hydrogen-bond acceptors (Lipinski definition) is 3. The largest absolute Gasteiger partial charge is 0.478 e. The summed E-state index contributed by atoms with van der Waals surface area (Å²) in [5.41, 5.74) is 0.0394. The van der Waals surface area contributed by atoms with E-state index in [1.807, 2.05) is 0 Å². The van der Waals surface area contributed by atoms with E-state index < -0.39 is 5.97 Å². The first-order valence-electron chi connectivity index (χ1n) is 4.87. The summed E-state index contributed by atoms with van der Waals surface area (Å²) in [6.45, 7) is 0. The fourth-order valence-electron chi connectivity index (χ4n) is 1.28. The Morgan fingerprint density at radius 1 is 1.22 bits per heavy atom. The minimum absolute atomic E-state index is 0.0394. The van der Waals surface area contributed by atoms with E-state index in [9.17, 15) is 4.79 Å². The van der Waals surface area contributed by atoms with Gasteiger partial charge in [-0.2, -0.15) is 0 Å². The maximum atomic E-state index is 10.8. The van der Waals surface area contributed by atoms with E-state index >= 15 is 0 Å². The second kappa shape index (κ2) is 5.25. The molecule has 6 heteroatoms. The molecule has 0 atom stereocenters. The van der Waals surface area contributed by atoms with Crippen LogP contribution in [0.25, 0.3) is 0 Å². The standard InChI is InChI=1S/C12H7Cl2NO3/c13-8-1-2-11(10(14)4-8)18-9-3-7(12(16)17)5-15-6-9/h1-6H,(H,16,17). The predicted octanol–water partition coefficient (Wildman–Crippen LogP) is 3.88. The molecule has 0 aliphatic heterocycles. The molecule has 0 fully saturated rings. The number of pyridine rings is 1. The maximum absolute atomic E-state index is 10.8. The van der Waals surface area contributed by atoms with Crippen LogP contribution in [-0.2, 0) is 0 Å². The first kappa shape index (κ1) is 12.7. The SMILES string of the molecule is O=C(O)c1cncc(Oc2ccc(Cl)cc2Cl)c1. The normalized spacial score (nSPS) is 10.1. The van der Waals surface area contributed by atoms with E-state index in [4.69, 9.17) is 33.0 Å². The Morgan fingerprint density at radius 3 is 2.67 bits per heavy atom. The van der Waals surface area contributed by atoms with Crippen LogP contribution in [0, 0.1) is 0 Å². The third-order valence-corrected chi connectivity index (χ3v) is 2.61. The van der Waals surface area contributed by atoms with Crippen LogP contribution in [0.15, 0.2) is 36.7 Å². The van der Waals surface area contributed by atoms with Gasteiger partial charge in [-0.25, -0.2) is 4.79 Å². The molecule has 0 radical (unpaired) electrons. The Labute approximate surface area is 113 Å². The molecule has 0 saturated carbocycles. The number of hydrogen-bond donors (Lipinski definition) is 1. The Hall–Kier alpha value is -1.78. The molecular formula is C12H7Cl2NO3. The van der Waals surface area contributed by atoms with Gasteiger partial charge in [-0.15, -0.1) is 0 Å². The van der Waals surface area contributed by atoms with Gasteiger partial charge < -0.3 is 9.84 Å². The summed E-state index contributed by atoms with van der Waals surface area (Å²) < 4.78 is 5.44. The van der Waals surface area contributed by atoms with Gasteiger partial charge in [0, 0.05) is 11.2 Å². The molecular weight excluding hydrogens is 277 g/mol. The van der Waals surface area contributed by atoms with Crippen molar-refractivity contribution in [1.82, 2.24) is 4.98 Å². The zero-order valence-corrected chi connectivity index (χ0v) is 10.4. The second-order valence-corrected chi connectivity index (χ2v) is 4.23. The number of carbonyl (C=O) groups is 1. The average molecular weight is 284 g/mol. The van der Waals surface area contributed by atoms with E-state index in [1.54, 1.807) is 12.1 Å². The van der Waals surface area contributed by atoms with Gasteiger partial charge in [0.2, 0.25) is 0 Å². The molecule has 2 rings (SSSR count). The van der Waals surface area contributed by atoms with Crippen molar-refractivity contribution in [2.75, 3.05) is 0 Å². The Kier molecular flexibility index (Phi) is 3.69. The lowest BCUT2D eigenvalue weighted by atomic mass is 10.3. The fraction of sp³-hybridized carbons (Fsp3) is 0. The molecule has 1 aromatic heterocycles. The van der Waals surface area contributed by atoms with E-state index in [0.717, 1.165) is 0 Å². The Bertz CT molecular complexity index is 602. The van der Waals surface area contributed by atoms with Crippen LogP contribution in [0.4, 0.5) is 0 Å². The molecule has 1 heterocycles. The number of halogens is 2.